The van der Waals surface area contributed by atoms with Crippen LogP contribution in [0.25, 0.3) is 0 Å². The van der Waals surface area contributed by atoms with E-state index in [4.69, 9.17) is 0 Å². The number of pyridine rings is 1. The number of hydrogen-bond acceptors (Lipinski definition) is 5. The summed E-state index contributed by atoms with van der Waals surface area (Å²) in [6.07, 6.45) is 4.05. The highest BCUT2D eigenvalue weighted by molar-refractivity contribution is 6.06. The molecule has 1 fully saturated rings. The Morgan fingerprint density at radius 3 is 2.73 bits per heavy atom. The summed E-state index contributed by atoms with van der Waals surface area (Å²) in [5, 5.41) is 8.49. The van der Waals surface area contributed by atoms with E-state index in [-0.39, 0.29) is 18.4 Å². The number of rotatable bonds is 4. The molecule has 0 saturated carbocycles. The van der Waals surface area contributed by atoms with E-state index in [0.717, 1.165) is 25.3 Å². The first-order valence-corrected chi connectivity index (χ1v) is 8.84. The van der Waals surface area contributed by atoms with Gasteiger partial charge >= 0.3 is 0 Å². The summed E-state index contributed by atoms with van der Waals surface area (Å²) < 4.78 is 0. The molecule has 0 radical (unpaired) electrons. The lowest BCUT2D eigenvalue weighted by molar-refractivity contribution is -0.114. The van der Waals surface area contributed by atoms with E-state index in [1.54, 1.807) is 6.07 Å². The number of aromatic nitrogens is 1. The third-order valence-corrected chi connectivity index (χ3v) is 4.66. The largest absolute Gasteiger partial charge is 0.359 e. The van der Waals surface area contributed by atoms with Crippen LogP contribution in [0.5, 0.6) is 0 Å². The molecule has 2 amide bonds. The molecule has 3 N–H and O–H groups in total. The number of anilines is 3. The van der Waals surface area contributed by atoms with Gasteiger partial charge in [0.25, 0.3) is 5.91 Å². The Bertz CT molecular complexity index is 828. The highest BCUT2D eigenvalue weighted by Gasteiger charge is 2.17. The molecule has 7 nitrogen and oxygen atoms in total. The second-order valence-corrected chi connectivity index (χ2v) is 6.66. The zero-order valence-corrected chi connectivity index (χ0v) is 14.4. The van der Waals surface area contributed by atoms with Crippen molar-refractivity contribution in [1.82, 2.24) is 9.88 Å². The van der Waals surface area contributed by atoms with Crippen LogP contribution >= 0.6 is 0 Å². The highest BCUT2D eigenvalue weighted by atomic mass is 16.2. The number of fused-ring (bicyclic) bond motifs is 1. The molecule has 0 spiro atoms. The first kappa shape index (κ1) is 16.5. The van der Waals surface area contributed by atoms with Gasteiger partial charge in [0, 0.05) is 18.4 Å². The summed E-state index contributed by atoms with van der Waals surface area (Å²) in [4.78, 5) is 30.5. The van der Waals surface area contributed by atoms with E-state index in [1.807, 2.05) is 24.3 Å². The van der Waals surface area contributed by atoms with Crippen LogP contribution in [0.4, 0.5) is 17.2 Å². The highest BCUT2D eigenvalue weighted by Crippen LogP contribution is 2.23. The van der Waals surface area contributed by atoms with Gasteiger partial charge in [0.15, 0.2) is 0 Å². The Hall–Kier alpha value is -2.93. The van der Waals surface area contributed by atoms with Crippen LogP contribution in [0, 0.1) is 0 Å². The van der Waals surface area contributed by atoms with Crippen LogP contribution in [-0.2, 0) is 11.3 Å². The second-order valence-electron chi connectivity index (χ2n) is 6.66. The third-order valence-electron chi connectivity index (χ3n) is 4.66. The molecule has 7 heteroatoms. The Kier molecular flexibility index (Phi) is 4.53. The summed E-state index contributed by atoms with van der Waals surface area (Å²) in [5.41, 5.74) is 2.90. The molecule has 2 aliphatic rings. The van der Waals surface area contributed by atoms with Gasteiger partial charge < -0.3 is 16.0 Å². The number of likely N-dealkylation sites (tertiary alicyclic amines) is 1. The lowest BCUT2D eigenvalue weighted by Gasteiger charge is -2.18. The molecule has 3 heterocycles. The second kappa shape index (κ2) is 7.13. The Labute approximate surface area is 151 Å². The van der Waals surface area contributed by atoms with Crippen LogP contribution in [0.2, 0.25) is 0 Å². The number of carbonyl (C=O) groups is 2. The monoisotopic (exact) mass is 351 g/mol. The van der Waals surface area contributed by atoms with E-state index in [2.05, 4.69) is 25.8 Å². The summed E-state index contributed by atoms with van der Waals surface area (Å²) in [6.45, 7) is 3.47. The minimum atomic E-state index is -0.257. The van der Waals surface area contributed by atoms with E-state index >= 15 is 0 Å². The maximum absolute atomic E-state index is 12.5. The number of benzene rings is 1. The van der Waals surface area contributed by atoms with Gasteiger partial charge in [-0.1, -0.05) is 12.1 Å². The molecule has 1 aromatic carbocycles. The van der Waals surface area contributed by atoms with Gasteiger partial charge in [0.1, 0.15) is 5.82 Å². The van der Waals surface area contributed by atoms with E-state index in [0.29, 0.717) is 17.1 Å². The van der Waals surface area contributed by atoms with Crippen LogP contribution in [-0.4, -0.2) is 41.3 Å². The van der Waals surface area contributed by atoms with Gasteiger partial charge in [-0.2, -0.15) is 0 Å². The Morgan fingerprint density at radius 2 is 1.96 bits per heavy atom. The summed E-state index contributed by atoms with van der Waals surface area (Å²) in [7, 11) is 0. The molecule has 134 valence electrons. The first-order valence-electron chi connectivity index (χ1n) is 8.84. The molecule has 1 saturated heterocycles. The molecule has 1 aromatic heterocycles. The summed E-state index contributed by atoms with van der Waals surface area (Å²) in [6, 6.07) is 9.55. The number of hydrogen-bond donors (Lipinski definition) is 3. The van der Waals surface area contributed by atoms with Gasteiger partial charge in [-0.25, -0.2) is 4.98 Å². The molecule has 26 heavy (non-hydrogen) atoms. The fourth-order valence-electron chi connectivity index (χ4n) is 3.28. The predicted molar refractivity (Wildman–Crippen MR) is 100 cm³/mol. The zero-order chi connectivity index (χ0) is 17.9. The lowest BCUT2D eigenvalue weighted by atomic mass is 10.1. The molecular formula is C19H21N5O2. The van der Waals surface area contributed by atoms with Crippen molar-refractivity contribution in [3.05, 3.63) is 47.7 Å². The zero-order valence-electron chi connectivity index (χ0n) is 14.4. The van der Waals surface area contributed by atoms with Crippen molar-refractivity contribution in [2.45, 2.75) is 19.4 Å². The number of nitrogens with zero attached hydrogens (tertiary/aromatic N) is 2. The molecule has 0 bridgehead atoms. The standard InChI is InChI=1S/C19H21N5O2/c25-17-11-21-18-16(23-17)9-14(10-20-18)19(26)22-15-5-3-13(4-6-15)12-24-7-1-2-8-24/h3-6,9-10H,1-2,7-8,11-12H2,(H,20,21)(H,22,26)(H,23,25). The minimum absolute atomic E-state index is 0.148. The van der Waals surface area contributed by atoms with Crippen molar-refractivity contribution in [2.24, 2.45) is 0 Å². The Balaban J connectivity index is 1.41. The first-order chi connectivity index (χ1) is 12.7. The van der Waals surface area contributed by atoms with Crippen LogP contribution in [0.1, 0.15) is 28.8 Å². The molecule has 0 unspecified atom stereocenters. The number of carbonyl (C=O) groups excluding carboxylic acids is 2. The van der Waals surface area contributed by atoms with E-state index in [1.165, 1.54) is 24.6 Å². The quantitative estimate of drug-likeness (QED) is 0.787. The fraction of sp³-hybridized carbons (Fsp3) is 0.316. The van der Waals surface area contributed by atoms with Crippen LogP contribution in [0.3, 0.4) is 0 Å². The number of amides is 2. The molecular weight excluding hydrogens is 330 g/mol. The van der Waals surface area contributed by atoms with Crippen LogP contribution < -0.4 is 16.0 Å². The molecule has 2 aliphatic heterocycles. The Morgan fingerprint density at radius 1 is 1.19 bits per heavy atom. The SMILES string of the molecule is O=C1CNc2ncc(C(=O)Nc3ccc(CN4CCCC4)cc3)cc2N1. The number of nitrogens with one attached hydrogen (secondary N) is 3. The average Bonchev–Trinajstić information content (AvgIpc) is 3.15. The molecule has 0 atom stereocenters. The maximum Gasteiger partial charge on any atom is 0.257 e. The topological polar surface area (TPSA) is 86.4 Å². The fourth-order valence-corrected chi connectivity index (χ4v) is 3.28. The van der Waals surface area contributed by atoms with Crippen molar-refractivity contribution >= 4 is 29.0 Å². The maximum atomic E-state index is 12.5. The summed E-state index contributed by atoms with van der Waals surface area (Å²) in [5.74, 6) is 0.172. The average molecular weight is 351 g/mol. The van der Waals surface area contributed by atoms with Gasteiger partial charge in [0.2, 0.25) is 5.91 Å². The normalized spacial score (nSPS) is 16.5. The van der Waals surface area contributed by atoms with Crippen molar-refractivity contribution in [2.75, 3.05) is 35.6 Å². The van der Waals surface area contributed by atoms with Crippen molar-refractivity contribution in [1.29, 1.82) is 0 Å². The van der Waals surface area contributed by atoms with E-state index in [9.17, 15) is 9.59 Å². The lowest BCUT2D eigenvalue weighted by Crippen LogP contribution is -2.28. The van der Waals surface area contributed by atoms with Crippen molar-refractivity contribution < 1.29 is 9.59 Å². The summed E-state index contributed by atoms with van der Waals surface area (Å²) >= 11 is 0. The van der Waals surface area contributed by atoms with E-state index < -0.39 is 0 Å². The van der Waals surface area contributed by atoms with Crippen molar-refractivity contribution in [3.63, 3.8) is 0 Å². The van der Waals surface area contributed by atoms with Crippen molar-refractivity contribution in [3.8, 4) is 0 Å². The third kappa shape index (κ3) is 3.67. The van der Waals surface area contributed by atoms with Gasteiger partial charge in [0.05, 0.1) is 17.8 Å². The molecule has 0 aliphatic carbocycles. The van der Waals surface area contributed by atoms with Gasteiger partial charge in [-0.05, 0) is 49.7 Å². The minimum Gasteiger partial charge on any atom is -0.359 e. The van der Waals surface area contributed by atoms with Crippen LogP contribution in [0.15, 0.2) is 36.5 Å². The van der Waals surface area contributed by atoms with Gasteiger partial charge in [-0.3, -0.25) is 14.5 Å². The molecule has 4 rings (SSSR count). The predicted octanol–water partition coefficient (Wildman–Crippen LogP) is 2.29. The smallest absolute Gasteiger partial charge is 0.257 e. The van der Waals surface area contributed by atoms with Gasteiger partial charge in [-0.15, -0.1) is 0 Å². The molecule has 2 aromatic rings.